The Morgan fingerprint density at radius 2 is 2.06 bits per heavy atom. The monoisotopic (exact) mass is 237 g/mol. The van der Waals surface area contributed by atoms with Crippen LogP contribution in [0.25, 0.3) is 0 Å². The Hall–Kier alpha value is -1.20. The maximum atomic E-state index is 11.9. The summed E-state index contributed by atoms with van der Waals surface area (Å²) in [7, 11) is 1.64. The molecule has 2 N–H and O–H groups in total. The van der Waals surface area contributed by atoms with Gasteiger partial charge in [-0.3, -0.25) is 4.79 Å². The van der Waals surface area contributed by atoms with E-state index in [1.165, 1.54) is 0 Å². The number of H-pyrrole nitrogens is 1. The van der Waals surface area contributed by atoms with Crippen molar-refractivity contribution in [3.8, 4) is 0 Å². The van der Waals surface area contributed by atoms with Gasteiger partial charge in [-0.15, -0.1) is 0 Å². The fourth-order valence-corrected chi connectivity index (χ4v) is 2.20. The average Bonchev–Trinajstić information content (AvgIpc) is 2.64. The van der Waals surface area contributed by atoms with Crippen molar-refractivity contribution in [3.63, 3.8) is 0 Å². The summed E-state index contributed by atoms with van der Waals surface area (Å²) >= 11 is 0. The first-order valence-corrected chi connectivity index (χ1v) is 5.79. The molecule has 1 unspecified atom stereocenters. The molecule has 0 spiro atoms. The van der Waals surface area contributed by atoms with Crippen LogP contribution in [0.3, 0.4) is 0 Å². The van der Waals surface area contributed by atoms with Gasteiger partial charge >= 0.3 is 0 Å². The van der Waals surface area contributed by atoms with E-state index in [2.05, 4.69) is 36.1 Å². The van der Waals surface area contributed by atoms with Gasteiger partial charge in [0.1, 0.15) is 11.9 Å². The van der Waals surface area contributed by atoms with E-state index in [0.29, 0.717) is 18.9 Å². The van der Waals surface area contributed by atoms with Crippen LogP contribution in [0, 0.1) is 5.41 Å². The van der Waals surface area contributed by atoms with Crippen molar-refractivity contribution in [2.24, 2.45) is 5.41 Å². The molecule has 17 heavy (non-hydrogen) atoms. The molecule has 1 aliphatic heterocycles. The van der Waals surface area contributed by atoms with E-state index in [4.69, 9.17) is 4.74 Å². The van der Waals surface area contributed by atoms with Crippen LogP contribution in [0.4, 0.5) is 0 Å². The standard InChI is InChI=1S/C12H19N3O2/c1-12(2,3)9(17-4)10-14-8-6-13-5-7(8)11(16)15-10/h9,13H,5-6H2,1-4H3,(H,14,15,16). The number of hydrogen-bond acceptors (Lipinski definition) is 4. The van der Waals surface area contributed by atoms with Gasteiger partial charge in [-0.25, -0.2) is 4.98 Å². The minimum atomic E-state index is -0.207. The molecular formula is C12H19N3O2. The Morgan fingerprint density at radius 1 is 1.35 bits per heavy atom. The van der Waals surface area contributed by atoms with Crippen molar-refractivity contribution in [2.75, 3.05) is 7.11 Å². The summed E-state index contributed by atoms with van der Waals surface area (Å²) in [4.78, 5) is 19.2. The molecule has 2 heterocycles. The highest BCUT2D eigenvalue weighted by atomic mass is 16.5. The van der Waals surface area contributed by atoms with Crippen molar-refractivity contribution in [3.05, 3.63) is 27.4 Å². The van der Waals surface area contributed by atoms with Gasteiger partial charge in [-0.05, 0) is 5.41 Å². The highest BCUT2D eigenvalue weighted by molar-refractivity contribution is 5.22. The Morgan fingerprint density at radius 3 is 2.65 bits per heavy atom. The molecule has 1 aliphatic rings. The van der Waals surface area contributed by atoms with E-state index in [1.807, 2.05) is 0 Å². The molecule has 0 radical (unpaired) electrons. The third kappa shape index (κ3) is 2.25. The third-order valence-electron chi connectivity index (χ3n) is 2.98. The Kier molecular flexibility index (Phi) is 3.05. The molecule has 1 aromatic heterocycles. The first kappa shape index (κ1) is 12.3. The molecular weight excluding hydrogens is 218 g/mol. The Bertz CT molecular complexity index is 474. The third-order valence-corrected chi connectivity index (χ3v) is 2.98. The molecule has 0 bridgehead atoms. The van der Waals surface area contributed by atoms with Crippen LogP contribution in [0.2, 0.25) is 0 Å². The Labute approximate surface area is 101 Å². The van der Waals surface area contributed by atoms with Gasteiger partial charge in [-0.2, -0.15) is 0 Å². The second-order valence-corrected chi connectivity index (χ2v) is 5.46. The number of aromatic amines is 1. The number of nitrogens with one attached hydrogen (secondary N) is 2. The molecule has 5 nitrogen and oxygen atoms in total. The highest BCUT2D eigenvalue weighted by Crippen LogP contribution is 2.33. The van der Waals surface area contributed by atoms with Gasteiger partial charge in [0.2, 0.25) is 0 Å². The van der Waals surface area contributed by atoms with Gasteiger partial charge in [-0.1, -0.05) is 20.8 Å². The van der Waals surface area contributed by atoms with Gasteiger partial charge < -0.3 is 15.0 Å². The lowest BCUT2D eigenvalue weighted by Gasteiger charge is -2.28. The summed E-state index contributed by atoms with van der Waals surface area (Å²) in [5.41, 5.74) is 1.43. The average molecular weight is 237 g/mol. The lowest BCUT2D eigenvalue weighted by Crippen LogP contribution is -2.27. The van der Waals surface area contributed by atoms with Crippen LogP contribution in [0.15, 0.2) is 4.79 Å². The van der Waals surface area contributed by atoms with Crippen molar-refractivity contribution in [1.82, 2.24) is 15.3 Å². The molecule has 0 amide bonds. The van der Waals surface area contributed by atoms with Crippen molar-refractivity contribution in [2.45, 2.75) is 40.0 Å². The fraction of sp³-hybridized carbons (Fsp3) is 0.667. The molecule has 0 fully saturated rings. The number of aromatic nitrogens is 2. The van der Waals surface area contributed by atoms with Gasteiger partial charge in [0.25, 0.3) is 5.56 Å². The molecule has 0 aliphatic carbocycles. The van der Waals surface area contributed by atoms with Crippen LogP contribution in [-0.4, -0.2) is 17.1 Å². The molecule has 1 atom stereocenters. The molecule has 5 heteroatoms. The number of rotatable bonds is 2. The largest absolute Gasteiger partial charge is 0.373 e. The van der Waals surface area contributed by atoms with Crippen LogP contribution in [0.1, 0.15) is 44.0 Å². The second kappa shape index (κ2) is 4.23. The van der Waals surface area contributed by atoms with E-state index in [1.54, 1.807) is 7.11 Å². The van der Waals surface area contributed by atoms with Crippen molar-refractivity contribution >= 4 is 0 Å². The SMILES string of the molecule is COC(c1nc2c(c(=O)[nH]1)CNC2)C(C)(C)C. The molecule has 1 aromatic rings. The topological polar surface area (TPSA) is 67.0 Å². The minimum Gasteiger partial charge on any atom is -0.373 e. The summed E-state index contributed by atoms with van der Waals surface area (Å²) < 4.78 is 5.46. The van der Waals surface area contributed by atoms with Crippen LogP contribution in [0.5, 0.6) is 0 Å². The zero-order valence-corrected chi connectivity index (χ0v) is 10.8. The zero-order chi connectivity index (χ0) is 12.6. The lowest BCUT2D eigenvalue weighted by atomic mass is 9.88. The summed E-state index contributed by atoms with van der Waals surface area (Å²) in [6, 6.07) is 0. The number of methoxy groups -OCH3 is 1. The van der Waals surface area contributed by atoms with E-state index < -0.39 is 0 Å². The van der Waals surface area contributed by atoms with E-state index in [-0.39, 0.29) is 17.1 Å². The first-order chi connectivity index (χ1) is 7.93. The van der Waals surface area contributed by atoms with Gasteiger partial charge in [0, 0.05) is 20.2 Å². The molecule has 0 saturated heterocycles. The highest BCUT2D eigenvalue weighted by Gasteiger charge is 2.30. The number of ether oxygens (including phenoxy) is 1. The predicted octanol–water partition coefficient (Wildman–Crippen LogP) is 1.11. The van der Waals surface area contributed by atoms with E-state index in [0.717, 1.165) is 11.3 Å². The molecule has 94 valence electrons. The molecule has 0 saturated carbocycles. The van der Waals surface area contributed by atoms with Gasteiger partial charge in [0.05, 0.1) is 11.3 Å². The Balaban J connectivity index is 2.46. The fourth-order valence-electron chi connectivity index (χ4n) is 2.20. The molecule has 0 aromatic carbocycles. The number of nitrogens with zero attached hydrogens (tertiary/aromatic N) is 1. The van der Waals surface area contributed by atoms with Crippen LogP contribution < -0.4 is 10.9 Å². The lowest BCUT2D eigenvalue weighted by molar-refractivity contribution is 0.00833. The minimum absolute atomic E-state index is 0.0544. The van der Waals surface area contributed by atoms with E-state index in [9.17, 15) is 4.79 Å². The summed E-state index contributed by atoms with van der Waals surface area (Å²) in [6.45, 7) is 7.45. The first-order valence-electron chi connectivity index (χ1n) is 5.79. The molecule has 2 rings (SSSR count). The maximum Gasteiger partial charge on any atom is 0.255 e. The maximum absolute atomic E-state index is 11.9. The number of fused-ring (bicyclic) bond motifs is 1. The zero-order valence-electron chi connectivity index (χ0n) is 10.8. The second-order valence-electron chi connectivity index (χ2n) is 5.46. The van der Waals surface area contributed by atoms with Crippen molar-refractivity contribution in [1.29, 1.82) is 0 Å². The summed E-state index contributed by atoms with van der Waals surface area (Å²) in [5, 5.41) is 3.13. The number of hydrogen-bond donors (Lipinski definition) is 2. The smallest absolute Gasteiger partial charge is 0.255 e. The van der Waals surface area contributed by atoms with E-state index >= 15 is 0 Å². The normalized spacial score (nSPS) is 16.9. The van der Waals surface area contributed by atoms with Crippen LogP contribution >= 0.6 is 0 Å². The summed E-state index contributed by atoms with van der Waals surface area (Å²) in [5.74, 6) is 0.618. The van der Waals surface area contributed by atoms with Crippen molar-refractivity contribution < 1.29 is 4.74 Å². The summed E-state index contributed by atoms with van der Waals surface area (Å²) in [6.07, 6.45) is -0.207. The predicted molar refractivity (Wildman–Crippen MR) is 64.6 cm³/mol. The van der Waals surface area contributed by atoms with Gasteiger partial charge in [0.15, 0.2) is 0 Å². The van der Waals surface area contributed by atoms with Crippen LogP contribution in [-0.2, 0) is 17.8 Å². The quantitative estimate of drug-likeness (QED) is 0.808.